The number of methoxy groups -OCH3 is 2. The van der Waals surface area contributed by atoms with Gasteiger partial charge in [-0.3, -0.25) is 0 Å². The summed E-state index contributed by atoms with van der Waals surface area (Å²) in [5, 5.41) is 1.09. The van der Waals surface area contributed by atoms with E-state index in [1.165, 1.54) is 57.8 Å². The van der Waals surface area contributed by atoms with Crippen LogP contribution in [0.4, 0.5) is 0 Å². The highest BCUT2D eigenvalue weighted by Gasteiger charge is 2.36. The van der Waals surface area contributed by atoms with E-state index in [2.05, 4.69) is 32.6 Å². The first-order chi connectivity index (χ1) is 13.9. The predicted octanol–water partition coefficient (Wildman–Crippen LogP) is 6.60. The third-order valence-electron chi connectivity index (χ3n) is 5.59. The third-order valence-corrected chi connectivity index (χ3v) is 7.33. The topological polar surface area (TPSA) is 40.8 Å². The molecule has 0 aliphatic carbocycles. The van der Waals surface area contributed by atoms with Crippen LogP contribution in [0.25, 0.3) is 0 Å². The molecule has 170 valence electrons. The lowest BCUT2D eigenvalue weighted by Gasteiger charge is -2.31. The van der Waals surface area contributed by atoms with Crippen LogP contribution in [-0.4, -0.2) is 35.5 Å². The van der Waals surface area contributed by atoms with Gasteiger partial charge in [0.25, 0.3) is 0 Å². The van der Waals surface area contributed by atoms with Gasteiger partial charge in [0.2, 0.25) is 0 Å². The van der Waals surface area contributed by atoms with Crippen molar-refractivity contribution in [2.75, 3.05) is 27.4 Å². The zero-order chi connectivity index (χ0) is 21.6. The van der Waals surface area contributed by atoms with Crippen molar-refractivity contribution in [3.63, 3.8) is 0 Å². The molecule has 1 atom stereocenters. The molecule has 0 saturated carbocycles. The Morgan fingerprint density at radius 2 is 1.45 bits per heavy atom. The largest absolute Gasteiger partial charge is 0.474 e. The Bertz CT molecular complexity index is 523. The van der Waals surface area contributed by atoms with E-state index in [-0.39, 0.29) is 0 Å². The average molecular weight is 427 g/mol. The molecule has 0 spiro atoms. The summed E-state index contributed by atoms with van der Waals surface area (Å²) in [5.41, 5.74) is 1.00. The highest BCUT2D eigenvalue weighted by Crippen LogP contribution is 2.33. The van der Waals surface area contributed by atoms with E-state index in [1.54, 1.807) is 14.2 Å². The van der Waals surface area contributed by atoms with Crippen LogP contribution in [0.3, 0.4) is 0 Å². The number of rotatable bonds is 18. The second kappa shape index (κ2) is 14.4. The molecule has 0 bridgehead atoms. The molecule has 29 heavy (non-hydrogen) atoms. The normalized spacial score (nSPS) is 14.3. The molecule has 1 heterocycles. The lowest BCUT2D eigenvalue weighted by Crippen LogP contribution is -2.37. The molecule has 0 aliphatic heterocycles. The molecule has 5 heteroatoms. The fourth-order valence-electron chi connectivity index (χ4n) is 3.64. The molecule has 0 saturated heterocycles. The first-order valence-corrected chi connectivity index (χ1v) is 15.2. The van der Waals surface area contributed by atoms with E-state index in [1.807, 2.05) is 6.26 Å². The first-order valence-electron chi connectivity index (χ1n) is 11.7. The molecule has 0 radical (unpaired) electrons. The monoisotopic (exact) mass is 426 g/mol. The summed E-state index contributed by atoms with van der Waals surface area (Å²) in [4.78, 5) is 0. The zero-order valence-electron chi connectivity index (χ0n) is 20.0. The number of unbranched alkanes of at least 4 members (excludes halogenated alkanes) is 9. The summed E-state index contributed by atoms with van der Waals surface area (Å²) in [6.45, 7) is 10.2. The molecule has 1 aromatic rings. The minimum Gasteiger partial charge on any atom is -0.474 e. The third kappa shape index (κ3) is 9.82. The van der Waals surface area contributed by atoms with Crippen LogP contribution in [0.2, 0.25) is 19.6 Å². The number of hydrogen-bond acceptors (Lipinski definition) is 4. The van der Waals surface area contributed by atoms with E-state index in [0.717, 1.165) is 23.8 Å². The van der Waals surface area contributed by atoms with Crippen LogP contribution in [-0.2, 0) is 20.0 Å². The van der Waals surface area contributed by atoms with E-state index in [9.17, 15) is 0 Å². The molecule has 0 N–H and O–H groups in total. The van der Waals surface area contributed by atoms with Gasteiger partial charge in [0, 0.05) is 26.2 Å². The SMILES string of the molecule is CCCCCCCCCCCCC(OC)(OCCOC)c1coc([Si](C)(C)C)c1. The Hall–Kier alpha value is -0.623. The molecular formula is C24H46O4Si. The van der Waals surface area contributed by atoms with Crippen molar-refractivity contribution >= 4 is 13.5 Å². The number of hydrogen-bond donors (Lipinski definition) is 0. The van der Waals surface area contributed by atoms with Gasteiger partial charge in [0.1, 0.15) is 8.07 Å². The van der Waals surface area contributed by atoms with Crippen LogP contribution in [0.5, 0.6) is 0 Å². The lowest BCUT2D eigenvalue weighted by molar-refractivity contribution is -0.241. The summed E-state index contributed by atoms with van der Waals surface area (Å²) < 4.78 is 23.3. The number of ether oxygens (including phenoxy) is 3. The molecular weight excluding hydrogens is 380 g/mol. The predicted molar refractivity (Wildman–Crippen MR) is 125 cm³/mol. The van der Waals surface area contributed by atoms with Crippen molar-refractivity contribution in [3.05, 3.63) is 17.9 Å². The highest BCUT2D eigenvalue weighted by molar-refractivity contribution is 6.87. The van der Waals surface area contributed by atoms with Gasteiger partial charge in [0.15, 0.2) is 5.79 Å². The van der Waals surface area contributed by atoms with Crippen molar-refractivity contribution in [1.29, 1.82) is 0 Å². The maximum absolute atomic E-state index is 6.22. The standard InChI is InChI=1S/C24H46O4Si/c1-7-8-9-10-11-12-13-14-15-16-17-24(26-3,28-19-18-25-2)22-20-23(27-21-22)29(4,5)6/h20-21H,7-19H2,1-6H3. The van der Waals surface area contributed by atoms with Gasteiger partial charge >= 0.3 is 0 Å². The van der Waals surface area contributed by atoms with Gasteiger partial charge in [-0.2, -0.15) is 0 Å². The maximum Gasteiger partial charge on any atom is 0.197 e. The Morgan fingerprint density at radius 1 is 0.862 bits per heavy atom. The molecule has 1 unspecified atom stereocenters. The van der Waals surface area contributed by atoms with Crippen LogP contribution in [0, 0.1) is 0 Å². The fourth-order valence-corrected chi connectivity index (χ4v) is 4.64. The van der Waals surface area contributed by atoms with Gasteiger partial charge in [-0.15, -0.1) is 0 Å². The summed E-state index contributed by atoms with van der Waals surface area (Å²) in [5.74, 6) is -0.736. The van der Waals surface area contributed by atoms with Crippen LogP contribution < -0.4 is 5.38 Å². The van der Waals surface area contributed by atoms with E-state index >= 15 is 0 Å². The van der Waals surface area contributed by atoms with Crippen molar-refractivity contribution < 1.29 is 18.6 Å². The molecule has 4 nitrogen and oxygen atoms in total. The Balaban J connectivity index is 2.54. The second-order valence-electron chi connectivity index (χ2n) is 9.18. The van der Waals surface area contributed by atoms with E-state index < -0.39 is 13.9 Å². The zero-order valence-corrected chi connectivity index (χ0v) is 21.0. The molecule has 1 aromatic heterocycles. The minimum absolute atomic E-state index is 0.509. The molecule has 0 fully saturated rings. The minimum atomic E-state index is -1.51. The molecule has 0 aliphatic rings. The molecule has 0 aromatic carbocycles. The van der Waals surface area contributed by atoms with Gasteiger partial charge in [-0.05, 0) is 12.5 Å². The van der Waals surface area contributed by atoms with Crippen LogP contribution >= 0.6 is 0 Å². The Kier molecular flexibility index (Phi) is 13.1. The van der Waals surface area contributed by atoms with E-state index in [0.29, 0.717) is 13.2 Å². The van der Waals surface area contributed by atoms with Crippen molar-refractivity contribution in [3.8, 4) is 0 Å². The summed E-state index contributed by atoms with van der Waals surface area (Å²) in [7, 11) is 1.93. The van der Waals surface area contributed by atoms with Crippen molar-refractivity contribution in [2.24, 2.45) is 0 Å². The van der Waals surface area contributed by atoms with Gasteiger partial charge in [-0.1, -0.05) is 84.4 Å². The fraction of sp³-hybridized carbons (Fsp3) is 0.833. The maximum atomic E-state index is 6.22. The molecule has 1 rings (SSSR count). The second-order valence-corrected chi connectivity index (χ2v) is 14.2. The summed E-state index contributed by atoms with van der Waals surface area (Å²) >= 11 is 0. The summed E-state index contributed by atoms with van der Waals surface area (Å²) in [6.07, 6.45) is 15.9. The lowest BCUT2D eigenvalue weighted by atomic mass is 10.00. The van der Waals surface area contributed by atoms with Gasteiger partial charge in [0.05, 0.1) is 24.9 Å². The smallest absolute Gasteiger partial charge is 0.197 e. The number of furan rings is 1. The van der Waals surface area contributed by atoms with E-state index in [4.69, 9.17) is 18.6 Å². The Morgan fingerprint density at radius 3 is 1.93 bits per heavy atom. The highest BCUT2D eigenvalue weighted by atomic mass is 28.3. The van der Waals surface area contributed by atoms with Crippen LogP contribution in [0.1, 0.15) is 83.1 Å². The summed E-state index contributed by atoms with van der Waals surface area (Å²) in [6, 6.07) is 2.15. The van der Waals surface area contributed by atoms with Gasteiger partial charge in [-0.25, -0.2) is 0 Å². The van der Waals surface area contributed by atoms with Gasteiger partial charge < -0.3 is 18.6 Å². The average Bonchev–Trinajstić information content (AvgIpc) is 3.19. The van der Waals surface area contributed by atoms with Crippen LogP contribution in [0.15, 0.2) is 16.7 Å². The first kappa shape index (κ1) is 26.4. The molecule has 0 amide bonds. The van der Waals surface area contributed by atoms with Crippen molar-refractivity contribution in [2.45, 2.75) is 103 Å². The quantitative estimate of drug-likeness (QED) is 0.151. The van der Waals surface area contributed by atoms with Crippen molar-refractivity contribution in [1.82, 2.24) is 0 Å². The Labute approximate surface area is 180 Å².